The van der Waals surface area contributed by atoms with Crippen molar-refractivity contribution in [1.29, 1.82) is 0 Å². The van der Waals surface area contributed by atoms with Crippen molar-refractivity contribution in [3.63, 3.8) is 0 Å². The Morgan fingerprint density at radius 3 is 2.55 bits per heavy atom. The van der Waals surface area contributed by atoms with Crippen molar-refractivity contribution < 1.29 is 4.84 Å². The Morgan fingerprint density at radius 1 is 1.36 bits per heavy atom. The van der Waals surface area contributed by atoms with E-state index < -0.39 is 0 Å². The Bertz CT molecular complexity index is 121. The predicted molar refractivity (Wildman–Crippen MR) is 42.9 cm³/mol. The second kappa shape index (κ2) is 4.31. The van der Waals surface area contributed by atoms with Crippen molar-refractivity contribution in [3.05, 3.63) is 4.91 Å². The Kier molecular flexibility index (Phi) is 3.33. The van der Waals surface area contributed by atoms with Gasteiger partial charge in [-0.2, -0.15) is 0 Å². The van der Waals surface area contributed by atoms with Gasteiger partial charge >= 0.3 is 0 Å². The first-order valence-electron chi connectivity index (χ1n) is 4.33. The second-order valence-electron chi connectivity index (χ2n) is 3.28. The normalized spacial score (nSPS) is 22.6. The van der Waals surface area contributed by atoms with Gasteiger partial charge in [0.15, 0.2) is 5.34 Å². The van der Waals surface area contributed by atoms with Crippen LogP contribution in [0.15, 0.2) is 5.34 Å². The minimum absolute atomic E-state index is 0.0211. The molecule has 1 aliphatic rings. The minimum atomic E-state index is 0.0211. The molecule has 3 heteroatoms. The molecule has 0 aromatic heterocycles. The average molecular weight is 157 g/mol. The van der Waals surface area contributed by atoms with Crippen molar-refractivity contribution in [3.8, 4) is 0 Å². The van der Waals surface area contributed by atoms with E-state index in [2.05, 4.69) is 10.2 Å². The fraction of sp³-hybridized carbons (Fsp3) is 1.00. The average Bonchev–Trinajstić information content (AvgIpc) is 2.07. The van der Waals surface area contributed by atoms with E-state index in [0.29, 0.717) is 5.92 Å². The van der Waals surface area contributed by atoms with Gasteiger partial charge in [0, 0.05) is 0 Å². The summed E-state index contributed by atoms with van der Waals surface area (Å²) in [5, 5.41) is 2.46. The third kappa shape index (κ3) is 2.48. The molecule has 0 aliphatic heterocycles. The Balaban J connectivity index is 2.26. The van der Waals surface area contributed by atoms with Crippen molar-refractivity contribution in [1.82, 2.24) is 0 Å². The van der Waals surface area contributed by atoms with Crippen molar-refractivity contribution in [2.75, 3.05) is 0 Å². The standard InChI is InChI=1S/C8H15NO2/c1-7(11-9-10)8-5-3-2-4-6-8/h7-8H,2-6H2,1H3. The number of rotatable bonds is 3. The lowest BCUT2D eigenvalue weighted by atomic mass is 9.86. The van der Waals surface area contributed by atoms with E-state index in [1.165, 1.54) is 32.1 Å². The molecule has 0 aromatic rings. The molecular weight excluding hydrogens is 142 g/mol. The van der Waals surface area contributed by atoms with E-state index in [4.69, 9.17) is 0 Å². The molecule has 0 N–H and O–H groups in total. The molecular formula is C8H15NO2. The highest BCUT2D eigenvalue weighted by atomic mass is 16.7. The highest BCUT2D eigenvalue weighted by Gasteiger charge is 2.21. The minimum Gasteiger partial charge on any atom is -0.361 e. The maximum Gasteiger partial charge on any atom is 0.155 e. The zero-order valence-corrected chi connectivity index (χ0v) is 6.95. The first-order chi connectivity index (χ1) is 5.34. The summed E-state index contributed by atoms with van der Waals surface area (Å²) in [7, 11) is 0. The van der Waals surface area contributed by atoms with E-state index in [-0.39, 0.29) is 6.10 Å². The van der Waals surface area contributed by atoms with E-state index in [1.54, 1.807) is 0 Å². The van der Waals surface area contributed by atoms with Crippen LogP contribution in [0.2, 0.25) is 0 Å². The summed E-state index contributed by atoms with van der Waals surface area (Å²) in [6.07, 6.45) is 6.28. The van der Waals surface area contributed by atoms with Gasteiger partial charge in [-0.1, -0.05) is 19.3 Å². The molecule has 1 fully saturated rings. The van der Waals surface area contributed by atoms with Crippen molar-refractivity contribution in [2.45, 2.75) is 45.1 Å². The lowest BCUT2D eigenvalue weighted by Gasteiger charge is -2.24. The number of nitrogens with zero attached hydrogens (tertiary/aromatic N) is 1. The molecule has 1 saturated carbocycles. The molecule has 11 heavy (non-hydrogen) atoms. The first kappa shape index (κ1) is 8.50. The van der Waals surface area contributed by atoms with Crippen LogP contribution in [-0.4, -0.2) is 6.10 Å². The zero-order valence-electron chi connectivity index (χ0n) is 6.95. The van der Waals surface area contributed by atoms with Gasteiger partial charge in [0.2, 0.25) is 0 Å². The van der Waals surface area contributed by atoms with Crippen LogP contribution in [0.25, 0.3) is 0 Å². The van der Waals surface area contributed by atoms with Gasteiger partial charge < -0.3 is 4.84 Å². The van der Waals surface area contributed by atoms with Gasteiger partial charge in [0.1, 0.15) is 6.10 Å². The van der Waals surface area contributed by atoms with Gasteiger partial charge in [-0.05, 0) is 25.7 Å². The maximum atomic E-state index is 9.79. The van der Waals surface area contributed by atoms with Crippen LogP contribution in [0, 0.1) is 10.8 Å². The van der Waals surface area contributed by atoms with Crippen LogP contribution < -0.4 is 0 Å². The summed E-state index contributed by atoms with van der Waals surface area (Å²) in [6.45, 7) is 1.93. The molecule has 1 aliphatic carbocycles. The topological polar surface area (TPSA) is 38.7 Å². The van der Waals surface area contributed by atoms with Gasteiger partial charge in [-0.15, -0.1) is 4.91 Å². The molecule has 0 amide bonds. The third-order valence-electron chi connectivity index (χ3n) is 2.52. The zero-order chi connectivity index (χ0) is 8.10. The molecule has 1 unspecified atom stereocenters. The number of hydrogen-bond acceptors (Lipinski definition) is 3. The molecule has 1 atom stereocenters. The van der Waals surface area contributed by atoms with Gasteiger partial charge in [-0.25, -0.2) is 0 Å². The fourth-order valence-electron chi connectivity index (χ4n) is 1.76. The first-order valence-corrected chi connectivity index (χ1v) is 4.33. The molecule has 0 aromatic carbocycles. The third-order valence-corrected chi connectivity index (χ3v) is 2.52. The lowest BCUT2D eigenvalue weighted by molar-refractivity contribution is 0.0137. The van der Waals surface area contributed by atoms with Crippen molar-refractivity contribution >= 4 is 0 Å². The SMILES string of the molecule is CC(ON=O)C1CCCCC1. The van der Waals surface area contributed by atoms with E-state index in [9.17, 15) is 4.91 Å². The largest absolute Gasteiger partial charge is 0.361 e. The molecule has 0 saturated heterocycles. The van der Waals surface area contributed by atoms with Gasteiger partial charge in [0.25, 0.3) is 0 Å². The van der Waals surface area contributed by atoms with E-state index in [1.807, 2.05) is 6.92 Å². The van der Waals surface area contributed by atoms with Gasteiger partial charge in [-0.3, -0.25) is 0 Å². The maximum absolute atomic E-state index is 9.79. The summed E-state index contributed by atoms with van der Waals surface area (Å²) >= 11 is 0. The molecule has 1 rings (SSSR count). The summed E-state index contributed by atoms with van der Waals surface area (Å²) in [4.78, 5) is 14.4. The summed E-state index contributed by atoms with van der Waals surface area (Å²) in [5.41, 5.74) is 0. The highest BCUT2D eigenvalue weighted by Crippen LogP contribution is 2.27. The smallest absolute Gasteiger partial charge is 0.155 e. The summed E-state index contributed by atoms with van der Waals surface area (Å²) < 4.78 is 0. The van der Waals surface area contributed by atoms with Gasteiger partial charge in [0.05, 0.1) is 0 Å². The highest BCUT2D eigenvalue weighted by molar-refractivity contribution is 4.70. The van der Waals surface area contributed by atoms with Crippen LogP contribution in [0.3, 0.4) is 0 Å². The molecule has 0 heterocycles. The second-order valence-corrected chi connectivity index (χ2v) is 3.28. The lowest BCUT2D eigenvalue weighted by Crippen LogP contribution is -2.21. The Labute approximate surface area is 67.1 Å². The number of hydrogen-bond donors (Lipinski definition) is 0. The van der Waals surface area contributed by atoms with Crippen molar-refractivity contribution in [2.24, 2.45) is 11.3 Å². The van der Waals surface area contributed by atoms with E-state index in [0.717, 1.165) is 0 Å². The molecule has 0 spiro atoms. The van der Waals surface area contributed by atoms with Crippen LogP contribution in [0.4, 0.5) is 0 Å². The molecule has 3 nitrogen and oxygen atoms in total. The quantitative estimate of drug-likeness (QED) is 0.466. The van der Waals surface area contributed by atoms with E-state index >= 15 is 0 Å². The summed E-state index contributed by atoms with van der Waals surface area (Å²) in [6, 6.07) is 0. The fourth-order valence-corrected chi connectivity index (χ4v) is 1.76. The van der Waals surface area contributed by atoms with Crippen LogP contribution >= 0.6 is 0 Å². The van der Waals surface area contributed by atoms with Crippen LogP contribution in [0.1, 0.15) is 39.0 Å². The Morgan fingerprint density at radius 2 is 2.00 bits per heavy atom. The molecule has 0 bridgehead atoms. The van der Waals surface area contributed by atoms with Crippen LogP contribution in [0.5, 0.6) is 0 Å². The Hall–Kier alpha value is -0.600. The monoisotopic (exact) mass is 157 g/mol. The van der Waals surface area contributed by atoms with Crippen LogP contribution in [-0.2, 0) is 4.84 Å². The summed E-state index contributed by atoms with van der Waals surface area (Å²) in [5.74, 6) is 0.557. The molecule has 64 valence electrons. The molecule has 0 radical (unpaired) electrons. The predicted octanol–water partition coefficient (Wildman–Crippen LogP) is 2.65.